The molecule has 0 aromatic rings. The van der Waals surface area contributed by atoms with Gasteiger partial charge in [0.25, 0.3) is 0 Å². The van der Waals surface area contributed by atoms with Gasteiger partial charge in [0.15, 0.2) is 0 Å². The second-order valence-corrected chi connectivity index (χ2v) is 9.07. The summed E-state index contributed by atoms with van der Waals surface area (Å²) in [7, 11) is 0. The molecule has 0 aliphatic rings. The summed E-state index contributed by atoms with van der Waals surface area (Å²) in [6.07, 6.45) is 15.2. The van der Waals surface area contributed by atoms with E-state index in [1.165, 1.54) is 0 Å². The second kappa shape index (κ2) is 22.7. The number of hydrogen-bond donors (Lipinski definition) is 4. The number of rotatable bonds is 22. The maximum atomic E-state index is 11.7. The number of unbranched alkanes of at least 4 members (excludes halogenated alkanes) is 4. The first-order valence-electron chi connectivity index (χ1n) is 13.3. The summed E-state index contributed by atoms with van der Waals surface area (Å²) in [5, 5.41) is 20.0. The number of esters is 2. The Kier molecular flexibility index (Phi) is 21.6. The first-order chi connectivity index (χ1) is 16.8. The van der Waals surface area contributed by atoms with Crippen LogP contribution in [0.3, 0.4) is 0 Å². The van der Waals surface area contributed by atoms with E-state index < -0.39 is 12.2 Å². The molecule has 0 aromatic carbocycles. The average molecular weight is 499 g/mol. The van der Waals surface area contributed by atoms with Gasteiger partial charge in [-0.15, -0.1) is 0 Å². The molecule has 0 bridgehead atoms. The third kappa shape index (κ3) is 20.2. The van der Waals surface area contributed by atoms with Crippen molar-refractivity contribution in [3.63, 3.8) is 0 Å². The van der Waals surface area contributed by atoms with E-state index in [4.69, 9.17) is 20.9 Å². The monoisotopic (exact) mass is 498 g/mol. The maximum absolute atomic E-state index is 11.7. The van der Waals surface area contributed by atoms with E-state index in [9.17, 15) is 19.8 Å². The normalized spacial score (nSPS) is 15.3. The van der Waals surface area contributed by atoms with Crippen LogP contribution >= 0.6 is 0 Å². The Bertz CT molecular complexity index is 546. The summed E-state index contributed by atoms with van der Waals surface area (Å²) in [5.41, 5.74) is 11.9. The van der Waals surface area contributed by atoms with Crippen molar-refractivity contribution in [2.24, 2.45) is 11.5 Å². The Morgan fingerprint density at radius 2 is 1.09 bits per heavy atom. The van der Waals surface area contributed by atoms with Crippen molar-refractivity contribution in [1.29, 1.82) is 0 Å². The van der Waals surface area contributed by atoms with Crippen molar-refractivity contribution in [3.8, 4) is 0 Å². The molecule has 0 radical (unpaired) electrons. The number of aliphatic hydroxyl groups is 2. The van der Waals surface area contributed by atoms with Crippen LogP contribution in [0, 0.1) is 0 Å². The highest BCUT2D eigenvalue weighted by Crippen LogP contribution is 2.09. The summed E-state index contributed by atoms with van der Waals surface area (Å²) in [5.74, 6) is -0.743. The topological polar surface area (TPSA) is 145 Å². The Morgan fingerprint density at radius 1 is 0.686 bits per heavy atom. The fourth-order valence-corrected chi connectivity index (χ4v) is 3.37. The molecule has 0 aliphatic carbocycles. The molecule has 0 saturated carbocycles. The summed E-state index contributed by atoms with van der Waals surface area (Å²) >= 11 is 0. The molecule has 0 spiro atoms. The number of carbonyl (C=O) groups excluding carboxylic acids is 2. The van der Waals surface area contributed by atoms with Crippen LogP contribution in [0.2, 0.25) is 0 Å². The highest BCUT2D eigenvalue weighted by atomic mass is 16.5. The fraction of sp³-hybridized carbons (Fsp3) is 0.778. The van der Waals surface area contributed by atoms with Crippen molar-refractivity contribution in [1.82, 2.24) is 0 Å². The van der Waals surface area contributed by atoms with Gasteiger partial charge in [-0.2, -0.15) is 0 Å². The van der Waals surface area contributed by atoms with Crippen LogP contribution in [0.25, 0.3) is 0 Å². The van der Waals surface area contributed by atoms with E-state index in [1.807, 2.05) is 0 Å². The van der Waals surface area contributed by atoms with Crippen molar-refractivity contribution >= 4 is 11.9 Å². The molecule has 0 amide bonds. The lowest BCUT2D eigenvalue weighted by Crippen LogP contribution is -2.34. The fourth-order valence-electron chi connectivity index (χ4n) is 3.37. The third-order valence-electron chi connectivity index (χ3n) is 5.74. The third-order valence-corrected chi connectivity index (χ3v) is 5.74. The summed E-state index contributed by atoms with van der Waals surface area (Å²) < 4.78 is 10.2. The van der Waals surface area contributed by atoms with Gasteiger partial charge < -0.3 is 31.2 Å². The number of hydrogen-bond acceptors (Lipinski definition) is 8. The lowest BCUT2D eigenvalue weighted by molar-refractivity contribution is -0.145. The maximum Gasteiger partial charge on any atom is 0.309 e. The Morgan fingerprint density at radius 3 is 1.46 bits per heavy atom. The minimum absolute atomic E-state index is 0.122. The summed E-state index contributed by atoms with van der Waals surface area (Å²) in [6, 6.07) is -0.497. The van der Waals surface area contributed by atoms with E-state index in [0.717, 1.165) is 51.4 Å². The van der Waals surface area contributed by atoms with Crippen LogP contribution in [-0.2, 0) is 19.1 Å². The van der Waals surface area contributed by atoms with Gasteiger partial charge in [-0.1, -0.05) is 76.7 Å². The number of carbonyl (C=O) groups is 2. The van der Waals surface area contributed by atoms with Gasteiger partial charge in [-0.3, -0.25) is 9.59 Å². The van der Waals surface area contributed by atoms with E-state index in [2.05, 4.69) is 13.8 Å². The van der Waals surface area contributed by atoms with Gasteiger partial charge >= 0.3 is 11.9 Å². The first-order valence-corrected chi connectivity index (χ1v) is 13.3. The molecular weight excluding hydrogens is 448 g/mol. The highest BCUT2D eigenvalue weighted by molar-refractivity contribution is 5.71. The van der Waals surface area contributed by atoms with Gasteiger partial charge in [0.2, 0.25) is 0 Å². The average Bonchev–Trinajstić information content (AvgIpc) is 2.84. The molecule has 0 aromatic heterocycles. The molecule has 35 heavy (non-hydrogen) atoms. The predicted molar refractivity (Wildman–Crippen MR) is 140 cm³/mol. The van der Waals surface area contributed by atoms with Gasteiger partial charge in [0, 0.05) is 18.5 Å². The molecule has 0 heterocycles. The van der Waals surface area contributed by atoms with Gasteiger partial charge in [-0.25, -0.2) is 0 Å². The number of ether oxygens (including phenoxy) is 2. The summed E-state index contributed by atoms with van der Waals surface area (Å²) in [6.45, 7) is 4.58. The Balaban J connectivity index is 3.78. The first kappa shape index (κ1) is 33.3. The van der Waals surface area contributed by atoms with Crippen LogP contribution in [0.15, 0.2) is 24.3 Å². The van der Waals surface area contributed by atoms with Crippen molar-refractivity contribution in [3.05, 3.63) is 24.3 Å². The quantitative estimate of drug-likeness (QED) is 0.100. The second-order valence-electron chi connectivity index (χ2n) is 9.07. The molecule has 8 heteroatoms. The van der Waals surface area contributed by atoms with Crippen LogP contribution in [0.5, 0.6) is 0 Å². The molecule has 4 unspecified atom stereocenters. The molecule has 0 aliphatic heterocycles. The van der Waals surface area contributed by atoms with E-state index in [0.29, 0.717) is 19.3 Å². The molecule has 204 valence electrons. The number of nitrogens with two attached hydrogens (primary N) is 2. The van der Waals surface area contributed by atoms with Gasteiger partial charge in [0.1, 0.15) is 0 Å². The zero-order valence-electron chi connectivity index (χ0n) is 21.9. The van der Waals surface area contributed by atoms with Crippen molar-refractivity contribution in [2.45, 2.75) is 122 Å². The smallest absolute Gasteiger partial charge is 0.309 e. The van der Waals surface area contributed by atoms with Crippen LogP contribution in [-0.4, -0.2) is 59.7 Å². The molecule has 4 atom stereocenters. The zero-order chi connectivity index (χ0) is 26.3. The van der Waals surface area contributed by atoms with E-state index in [-0.39, 0.29) is 50.1 Å². The zero-order valence-corrected chi connectivity index (χ0v) is 21.9. The van der Waals surface area contributed by atoms with Crippen molar-refractivity contribution < 1.29 is 29.3 Å². The van der Waals surface area contributed by atoms with E-state index >= 15 is 0 Å². The van der Waals surface area contributed by atoms with Crippen molar-refractivity contribution in [2.75, 3.05) is 13.2 Å². The van der Waals surface area contributed by atoms with Crippen LogP contribution in [0.1, 0.15) is 97.3 Å². The molecule has 0 fully saturated rings. The molecular formula is C27H50N2O6. The standard InChI is InChI=1S/C27H50N2O6/c1-3-5-7-14-22(28)24(30)16-9-11-18-26(32)34-20-13-21-35-27(33)19-12-10-17-25(31)23(29)15-8-6-4-2/h9-12,22-25,30-31H,3-8,13-21,28-29H2,1-2H3/b11-9+,12-10+. The molecule has 8 nitrogen and oxygen atoms in total. The molecule has 6 N–H and O–H groups in total. The Hall–Kier alpha value is -1.74. The van der Waals surface area contributed by atoms with Gasteiger partial charge in [0.05, 0.1) is 38.3 Å². The largest absolute Gasteiger partial charge is 0.465 e. The minimum atomic E-state index is -0.609. The van der Waals surface area contributed by atoms with Crippen LogP contribution in [0.4, 0.5) is 0 Å². The molecule has 0 rings (SSSR count). The van der Waals surface area contributed by atoms with Gasteiger partial charge in [-0.05, 0) is 25.7 Å². The molecule has 0 saturated heterocycles. The van der Waals surface area contributed by atoms with E-state index in [1.54, 1.807) is 24.3 Å². The van der Waals surface area contributed by atoms with Crippen LogP contribution < -0.4 is 11.5 Å². The predicted octanol–water partition coefficient (Wildman–Crippen LogP) is 3.67. The SMILES string of the molecule is CCCCCC(N)C(O)C/C=C/CC(=O)OCCCOC(=O)C/C=C/CC(O)C(N)CCCCC. The highest BCUT2D eigenvalue weighted by Gasteiger charge is 2.13. The lowest BCUT2D eigenvalue weighted by atomic mass is 10.0. The summed E-state index contributed by atoms with van der Waals surface area (Å²) in [4.78, 5) is 23.5. The minimum Gasteiger partial charge on any atom is -0.465 e. The number of aliphatic hydroxyl groups excluding tert-OH is 2. The lowest BCUT2D eigenvalue weighted by Gasteiger charge is -2.17. The Labute approximate surface area is 212 Å².